The van der Waals surface area contributed by atoms with E-state index >= 15 is 0 Å². The van der Waals surface area contributed by atoms with Crippen molar-refractivity contribution >= 4 is 0 Å². The Morgan fingerprint density at radius 1 is 1.29 bits per heavy atom. The van der Waals surface area contributed by atoms with Crippen molar-refractivity contribution in [2.45, 2.75) is 58.9 Å². The van der Waals surface area contributed by atoms with Crippen LogP contribution in [0.5, 0.6) is 5.75 Å². The lowest BCUT2D eigenvalue weighted by molar-refractivity contribution is 0.231. The quantitative estimate of drug-likeness (QED) is 0.750. The highest BCUT2D eigenvalue weighted by Crippen LogP contribution is 2.46. The van der Waals surface area contributed by atoms with Crippen molar-refractivity contribution in [1.29, 1.82) is 0 Å². The van der Waals surface area contributed by atoms with Crippen LogP contribution in [0.15, 0.2) is 12.1 Å². The third-order valence-electron chi connectivity index (χ3n) is 4.75. The van der Waals surface area contributed by atoms with Crippen LogP contribution in [-0.2, 0) is 0 Å². The topological polar surface area (TPSA) is 52.5 Å². The van der Waals surface area contributed by atoms with E-state index in [-0.39, 0.29) is 18.1 Å². The largest absolute Gasteiger partial charge is 0.508 e. The predicted octanol–water partition coefficient (Wildman–Crippen LogP) is 3.64. The summed E-state index contributed by atoms with van der Waals surface area (Å²) in [5, 5.41) is 22.9. The molecule has 1 aromatic rings. The fourth-order valence-electron chi connectivity index (χ4n) is 3.57. The molecule has 1 aliphatic carbocycles. The summed E-state index contributed by atoms with van der Waals surface area (Å²) in [7, 11) is 0. The van der Waals surface area contributed by atoms with Gasteiger partial charge < -0.3 is 15.5 Å². The normalized spacial score (nSPS) is 21.6. The van der Waals surface area contributed by atoms with E-state index in [4.69, 9.17) is 5.11 Å². The van der Waals surface area contributed by atoms with Gasteiger partial charge in [-0.2, -0.15) is 0 Å². The summed E-state index contributed by atoms with van der Waals surface area (Å²) >= 11 is 0. The minimum atomic E-state index is 0.161. The van der Waals surface area contributed by atoms with Gasteiger partial charge >= 0.3 is 0 Å². The Hall–Kier alpha value is -1.06. The van der Waals surface area contributed by atoms with Crippen molar-refractivity contribution in [3.05, 3.63) is 28.8 Å². The van der Waals surface area contributed by atoms with Gasteiger partial charge in [-0.1, -0.05) is 26.8 Å². The molecule has 0 saturated carbocycles. The number of hydrogen-bond acceptors (Lipinski definition) is 3. The molecule has 0 aromatic heterocycles. The first-order chi connectivity index (χ1) is 9.85. The van der Waals surface area contributed by atoms with Gasteiger partial charge in [0.15, 0.2) is 0 Å². The van der Waals surface area contributed by atoms with Crippen molar-refractivity contribution in [2.75, 3.05) is 13.2 Å². The summed E-state index contributed by atoms with van der Waals surface area (Å²) in [4.78, 5) is 0. The van der Waals surface area contributed by atoms with Crippen LogP contribution in [0.25, 0.3) is 0 Å². The first-order valence-corrected chi connectivity index (χ1v) is 8.02. The van der Waals surface area contributed by atoms with Gasteiger partial charge in [0.1, 0.15) is 5.75 Å². The van der Waals surface area contributed by atoms with Crippen LogP contribution in [0, 0.1) is 12.3 Å². The van der Waals surface area contributed by atoms with E-state index in [1.165, 1.54) is 11.1 Å². The molecule has 0 spiro atoms. The van der Waals surface area contributed by atoms with E-state index < -0.39 is 0 Å². The van der Waals surface area contributed by atoms with Crippen LogP contribution in [0.1, 0.15) is 68.7 Å². The number of fused-ring (bicyclic) bond motifs is 1. The van der Waals surface area contributed by atoms with Crippen LogP contribution in [-0.4, -0.2) is 23.4 Å². The minimum Gasteiger partial charge on any atom is -0.508 e. The second kappa shape index (κ2) is 6.37. The van der Waals surface area contributed by atoms with Crippen molar-refractivity contribution < 1.29 is 10.2 Å². The lowest BCUT2D eigenvalue weighted by Gasteiger charge is -2.27. The predicted molar refractivity (Wildman–Crippen MR) is 86.7 cm³/mol. The maximum Gasteiger partial charge on any atom is 0.120 e. The van der Waals surface area contributed by atoms with Gasteiger partial charge in [0.2, 0.25) is 0 Å². The summed E-state index contributed by atoms with van der Waals surface area (Å²) in [6, 6.07) is 4.07. The molecule has 3 heteroatoms. The second-order valence-corrected chi connectivity index (χ2v) is 7.29. The highest BCUT2D eigenvalue weighted by Gasteiger charge is 2.32. The second-order valence-electron chi connectivity index (χ2n) is 7.29. The lowest BCUT2D eigenvalue weighted by Crippen LogP contribution is -2.32. The van der Waals surface area contributed by atoms with E-state index in [2.05, 4.69) is 33.0 Å². The van der Waals surface area contributed by atoms with Gasteiger partial charge in [0, 0.05) is 24.8 Å². The molecule has 0 heterocycles. The smallest absolute Gasteiger partial charge is 0.120 e. The Morgan fingerprint density at radius 2 is 2.00 bits per heavy atom. The molecule has 3 N–H and O–H groups in total. The van der Waals surface area contributed by atoms with Crippen molar-refractivity contribution in [1.82, 2.24) is 5.32 Å². The summed E-state index contributed by atoms with van der Waals surface area (Å²) in [5.74, 6) is 0.913. The molecule has 21 heavy (non-hydrogen) atoms. The molecular formula is C18H29NO2. The van der Waals surface area contributed by atoms with Gasteiger partial charge in [-0.05, 0) is 54.7 Å². The fourth-order valence-corrected chi connectivity index (χ4v) is 3.57. The van der Waals surface area contributed by atoms with Gasteiger partial charge in [-0.25, -0.2) is 0 Å². The Labute approximate surface area is 128 Å². The number of phenols is 1. The van der Waals surface area contributed by atoms with E-state index in [9.17, 15) is 5.11 Å². The number of benzene rings is 1. The fraction of sp³-hybridized carbons (Fsp3) is 0.667. The Morgan fingerprint density at radius 3 is 2.67 bits per heavy atom. The first-order valence-electron chi connectivity index (χ1n) is 8.02. The van der Waals surface area contributed by atoms with Crippen LogP contribution >= 0.6 is 0 Å². The molecule has 0 fully saturated rings. The zero-order valence-corrected chi connectivity index (χ0v) is 13.7. The maximum atomic E-state index is 10.2. The maximum absolute atomic E-state index is 10.2. The Balaban J connectivity index is 2.10. The first kappa shape index (κ1) is 16.3. The Bertz CT molecular complexity index is 496. The van der Waals surface area contributed by atoms with Gasteiger partial charge in [-0.15, -0.1) is 0 Å². The molecule has 1 aromatic carbocycles. The van der Waals surface area contributed by atoms with Crippen molar-refractivity contribution in [3.8, 4) is 5.75 Å². The van der Waals surface area contributed by atoms with Crippen LogP contribution < -0.4 is 5.32 Å². The molecule has 0 aliphatic heterocycles. The number of phenolic OH excluding ortho intramolecular Hbond substituents is 1. The SMILES string of the molecule is Cc1ccc(O)c2c1C(C)CC2NCC(C)(C)CCCO. The van der Waals surface area contributed by atoms with Crippen LogP contribution in [0.2, 0.25) is 0 Å². The standard InChI is InChI=1S/C18H29NO2/c1-12-6-7-15(21)17-14(10-13(2)16(12)17)19-11-18(3,4)8-5-9-20/h6-7,13-14,19-21H,5,8-11H2,1-4H3. The summed E-state index contributed by atoms with van der Waals surface area (Å²) in [6.45, 7) is 9.98. The molecule has 1 aliphatic rings. The van der Waals surface area contributed by atoms with Gasteiger partial charge in [0.25, 0.3) is 0 Å². The minimum absolute atomic E-state index is 0.161. The number of aliphatic hydroxyl groups excluding tert-OH is 1. The number of aryl methyl sites for hydroxylation is 1. The average Bonchev–Trinajstić information content (AvgIpc) is 2.77. The van der Waals surface area contributed by atoms with E-state index in [0.29, 0.717) is 11.7 Å². The zero-order chi connectivity index (χ0) is 15.6. The summed E-state index contributed by atoms with van der Waals surface area (Å²) in [5.41, 5.74) is 3.86. The summed E-state index contributed by atoms with van der Waals surface area (Å²) in [6.07, 6.45) is 2.89. The molecular weight excluding hydrogens is 262 g/mol. The molecule has 2 rings (SSSR count). The van der Waals surface area contributed by atoms with Crippen molar-refractivity contribution in [3.63, 3.8) is 0 Å². The van der Waals surface area contributed by atoms with Crippen LogP contribution in [0.3, 0.4) is 0 Å². The molecule has 0 radical (unpaired) electrons. The molecule has 118 valence electrons. The van der Waals surface area contributed by atoms with Gasteiger partial charge in [0.05, 0.1) is 0 Å². The van der Waals surface area contributed by atoms with Gasteiger partial charge in [-0.3, -0.25) is 0 Å². The molecule has 2 atom stereocenters. The van der Waals surface area contributed by atoms with E-state index in [0.717, 1.165) is 31.4 Å². The monoisotopic (exact) mass is 291 g/mol. The van der Waals surface area contributed by atoms with Crippen molar-refractivity contribution in [2.24, 2.45) is 5.41 Å². The number of rotatable bonds is 6. The zero-order valence-electron chi connectivity index (χ0n) is 13.7. The lowest BCUT2D eigenvalue weighted by atomic mass is 9.87. The average molecular weight is 291 g/mol. The van der Waals surface area contributed by atoms with Crippen LogP contribution in [0.4, 0.5) is 0 Å². The summed E-state index contributed by atoms with van der Waals surface area (Å²) < 4.78 is 0. The third kappa shape index (κ3) is 3.58. The molecule has 0 bridgehead atoms. The number of aromatic hydroxyl groups is 1. The molecule has 2 unspecified atom stereocenters. The highest BCUT2D eigenvalue weighted by molar-refractivity contribution is 5.50. The molecule has 3 nitrogen and oxygen atoms in total. The third-order valence-corrected chi connectivity index (χ3v) is 4.75. The van der Waals surface area contributed by atoms with E-state index in [1.54, 1.807) is 0 Å². The Kier molecular flexibility index (Phi) is 4.95. The molecule has 0 saturated heterocycles. The van der Waals surface area contributed by atoms with E-state index in [1.807, 2.05) is 12.1 Å². The number of nitrogens with one attached hydrogen (secondary N) is 1. The highest BCUT2D eigenvalue weighted by atomic mass is 16.3. The number of aliphatic hydroxyl groups is 1. The molecule has 0 amide bonds. The number of hydrogen-bond donors (Lipinski definition) is 3.